The number of carbonyl (C=O) groups excluding carboxylic acids is 3. The van der Waals surface area contributed by atoms with Crippen LogP contribution >= 0.6 is 11.8 Å². The van der Waals surface area contributed by atoms with Crippen molar-refractivity contribution in [2.45, 2.75) is 43.0 Å². The van der Waals surface area contributed by atoms with E-state index in [1.54, 1.807) is 18.2 Å². The lowest BCUT2D eigenvalue weighted by molar-refractivity contribution is -0.236. The minimum absolute atomic E-state index is 0.127. The third-order valence-electron chi connectivity index (χ3n) is 5.32. The number of aromatic nitrogens is 1. The van der Waals surface area contributed by atoms with Crippen LogP contribution in [0.15, 0.2) is 41.1 Å². The maximum Gasteiger partial charge on any atom is 0.208 e. The molecule has 160 valence electrons. The second-order valence-corrected chi connectivity index (χ2v) is 8.17. The fourth-order valence-corrected chi connectivity index (χ4v) is 5.07. The first kappa shape index (κ1) is 22.2. The van der Waals surface area contributed by atoms with Gasteiger partial charge in [-0.3, -0.25) is 14.4 Å². The van der Waals surface area contributed by atoms with Crippen LogP contribution in [0.5, 0.6) is 5.75 Å². The van der Waals surface area contributed by atoms with Crippen molar-refractivity contribution in [2.24, 2.45) is 0 Å². The number of aliphatic hydroxyl groups is 3. The fraction of sp³-hybridized carbons (Fsp3) is 0.400. The molecule has 0 unspecified atom stereocenters. The Hall–Kier alpha value is -2.53. The van der Waals surface area contributed by atoms with Crippen molar-refractivity contribution in [1.29, 1.82) is 0 Å². The summed E-state index contributed by atoms with van der Waals surface area (Å²) in [5, 5.41) is 33.2. The molecule has 1 aliphatic rings. The van der Waals surface area contributed by atoms with Gasteiger partial charge in [-0.25, -0.2) is 4.98 Å². The molecule has 0 spiro atoms. The smallest absolute Gasteiger partial charge is 0.208 e. The molecule has 2 aromatic heterocycles. The van der Waals surface area contributed by atoms with Gasteiger partial charge in [-0.1, -0.05) is 0 Å². The van der Waals surface area contributed by atoms with Gasteiger partial charge < -0.3 is 24.5 Å². The van der Waals surface area contributed by atoms with Crippen LogP contribution < -0.4 is 4.74 Å². The summed E-state index contributed by atoms with van der Waals surface area (Å²) in [6, 6.07) is 6.50. The summed E-state index contributed by atoms with van der Waals surface area (Å²) < 4.78 is 10.9. The second kappa shape index (κ2) is 7.62. The number of ether oxygens (including phenoxy) is 1. The molecule has 4 atom stereocenters. The second-order valence-electron chi connectivity index (χ2n) is 7.12. The molecule has 10 heteroatoms. The molecule has 2 aromatic rings. The quantitative estimate of drug-likeness (QED) is 0.594. The third-order valence-corrected chi connectivity index (χ3v) is 6.64. The molecule has 1 fully saturated rings. The number of furan rings is 1. The Bertz CT molecular complexity index is 975. The van der Waals surface area contributed by atoms with Gasteiger partial charge in [0.1, 0.15) is 11.4 Å². The average molecular weight is 435 g/mol. The number of pyridine rings is 1. The summed E-state index contributed by atoms with van der Waals surface area (Å²) in [4.78, 5) is 41.1. The van der Waals surface area contributed by atoms with E-state index in [9.17, 15) is 29.7 Å². The summed E-state index contributed by atoms with van der Waals surface area (Å²) in [6.07, 6.45) is 2.81. The lowest BCUT2D eigenvalue weighted by atomic mass is 9.65. The molecule has 0 radical (unpaired) electrons. The SMILES string of the molecule is CC(=O)[C@]1(O)[C@@](O)(C(C)=O)CS[C@H](Oc2ccc(-c3ccco3)nc2)[C@@]1(O)C(C)=O. The van der Waals surface area contributed by atoms with E-state index in [1.807, 2.05) is 0 Å². The number of nitrogens with zero attached hydrogens (tertiary/aromatic N) is 1. The van der Waals surface area contributed by atoms with Crippen molar-refractivity contribution in [3.05, 3.63) is 36.7 Å². The van der Waals surface area contributed by atoms with Gasteiger partial charge in [-0.05, 0) is 45.0 Å². The lowest BCUT2D eigenvalue weighted by Crippen LogP contribution is -2.82. The molecule has 30 heavy (non-hydrogen) atoms. The van der Waals surface area contributed by atoms with Gasteiger partial charge in [0.15, 0.2) is 39.7 Å². The van der Waals surface area contributed by atoms with Crippen LogP contribution in [0.1, 0.15) is 20.8 Å². The van der Waals surface area contributed by atoms with Crippen LogP contribution in [0.4, 0.5) is 0 Å². The van der Waals surface area contributed by atoms with E-state index in [1.165, 1.54) is 18.5 Å². The Balaban J connectivity index is 2.00. The molecule has 0 aliphatic carbocycles. The standard InChI is InChI=1S/C20H21NO8S/c1-11(22)18(25)10-30-17(19(26,12(2)23)20(18,27)13(3)24)29-14-6-7-15(21-9-14)16-5-4-8-28-16/h4-9,17,25-27H,10H2,1-3H3/t17-,18-,19-,20-/m0/s1. The number of ketones is 3. The van der Waals surface area contributed by atoms with Crippen molar-refractivity contribution >= 4 is 29.1 Å². The van der Waals surface area contributed by atoms with Gasteiger partial charge in [0.05, 0.1) is 12.5 Å². The molecule has 0 amide bonds. The zero-order valence-electron chi connectivity index (χ0n) is 16.5. The monoisotopic (exact) mass is 435 g/mol. The summed E-state index contributed by atoms with van der Waals surface area (Å²) >= 11 is 0.728. The molecule has 3 rings (SSSR count). The van der Waals surface area contributed by atoms with Crippen molar-refractivity contribution in [3.63, 3.8) is 0 Å². The first-order chi connectivity index (χ1) is 14.0. The molecule has 0 aromatic carbocycles. The zero-order chi connectivity index (χ0) is 22.3. The Morgan fingerprint density at radius 3 is 2.27 bits per heavy atom. The Labute approximate surface area is 176 Å². The van der Waals surface area contributed by atoms with Gasteiger partial charge in [0.2, 0.25) is 5.60 Å². The normalized spacial score (nSPS) is 31.2. The highest BCUT2D eigenvalue weighted by atomic mass is 32.2. The number of hydrogen-bond donors (Lipinski definition) is 3. The molecular formula is C20H21NO8S. The fourth-order valence-electron chi connectivity index (χ4n) is 3.51. The van der Waals surface area contributed by atoms with Crippen LogP contribution in [-0.2, 0) is 14.4 Å². The first-order valence-electron chi connectivity index (χ1n) is 8.97. The van der Waals surface area contributed by atoms with E-state index >= 15 is 0 Å². The largest absolute Gasteiger partial charge is 0.474 e. The first-order valence-corrected chi connectivity index (χ1v) is 10.0. The van der Waals surface area contributed by atoms with Crippen LogP contribution in [0, 0.1) is 0 Å². The maximum absolute atomic E-state index is 12.5. The number of rotatable bonds is 6. The number of thioether (sulfide) groups is 1. The maximum atomic E-state index is 12.5. The van der Waals surface area contributed by atoms with E-state index in [2.05, 4.69) is 4.98 Å². The van der Waals surface area contributed by atoms with Crippen molar-refractivity contribution in [1.82, 2.24) is 4.98 Å². The molecule has 0 bridgehead atoms. The van der Waals surface area contributed by atoms with E-state index < -0.39 is 45.3 Å². The average Bonchev–Trinajstić information content (AvgIpc) is 3.23. The number of Topliss-reactive ketones (excluding diaryl/α,β-unsaturated/α-hetero) is 3. The minimum atomic E-state index is -3.10. The highest BCUT2D eigenvalue weighted by Crippen LogP contribution is 2.49. The highest BCUT2D eigenvalue weighted by molar-refractivity contribution is 8.00. The minimum Gasteiger partial charge on any atom is -0.474 e. The van der Waals surface area contributed by atoms with Crippen molar-refractivity contribution in [2.75, 3.05) is 5.75 Å². The van der Waals surface area contributed by atoms with Gasteiger partial charge in [0, 0.05) is 5.75 Å². The number of carbonyl (C=O) groups is 3. The van der Waals surface area contributed by atoms with Crippen LogP contribution in [0.25, 0.3) is 11.5 Å². The topological polar surface area (TPSA) is 147 Å². The number of hydrogen-bond acceptors (Lipinski definition) is 10. The molecule has 3 heterocycles. The molecule has 0 saturated carbocycles. The molecule has 1 saturated heterocycles. The molecular weight excluding hydrogens is 414 g/mol. The van der Waals surface area contributed by atoms with Gasteiger partial charge >= 0.3 is 0 Å². The molecule has 9 nitrogen and oxygen atoms in total. The predicted molar refractivity (Wildman–Crippen MR) is 106 cm³/mol. The van der Waals surface area contributed by atoms with Gasteiger partial charge in [-0.15, -0.1) is 11.8 Å². The van der Waals surface area contributed by atoms with Crippen molar-refractivity contribution in [3.8, 4) is 17.2 Å². The Morgan fingerprint density at radius 1 is 1.10 bits per heavy atom. The van der Waals surface area contributed by atoms with Crippen LogP contribution in [0.3, 0.4) is 0 Å². The van der Waals surface area contributed by atoms with Gasteiger partial charge in [0.25, 0.3) is 0 Å². The summed E-state index contributed by atoms with van der Waals surface area (Å²) in [6.45, 7) is 2.79. The predicted octanol–water partition coefficient (Wildman–Crippen LogP) is 0.754. The Morgan fingerprint density at radius 2 is 1.80 bits per heavy atom. The summed E-state index contributed by atoms with van der Waals surface area (Å²) in [5.74, 6) is -2.98. The highest BCUT2D eigenvalue weighted by Gasteiger charge is 2.75. The van der Waals surface area contributed by atoms with Crippen LogP contribution in [-0.4, -0.2) is 65.6 Å². The lowest BCUT2D eigenvalue weighted by Gasteiger charge is -2.54. The van der Waals surface area contributed by atoms with Crippen LogP contribution in [0.2, 0.25) is 0 Å². The molecule has 3 N–H and O–H groups in total. The van der Waals surface area contributed by atoms with E-state index in [-0.39, 0.29) is 5.75 Å². The third kappa shape index (κ3) is 3.07. The van der Waals surface area contributed by atoms with E-state index in [4.69, 9.17) is 9.15 Å². The van der Waals surface area contributed by atoms with E-state index in [0.29, 0.717) is 11.5 Å². The summed E-state index contributed by atoms with van der Waals surface area (Å²) in [5.41, 5.74) is -9.67. The zero-order valence-corrected chi connectivity index (χ0v) is 17.3. The van der Waals surface area contributed by atoms with Crippen molar-refractivity contribution < 1.29 is 38.9 Å². The Kier molecular flexibility index (Phi) is 5.63. The van der Waals surface area contributed by atoms with E-state index in [0.717, 1.165) is 32.5 Å². The van der Waals surface area contributed by atoms with Gasteiger partial charge in [-0.2, -0.15) is 0 Å². The summed E-state index contributed by atoms with van der Waals surface area (Å²) in [7, 11) is 0. The molecule has 1 aliphatic heterocycles.